The van der Waals surface area contributed by atoms with Gasteiger partial charge in [0, 0.05) is 43.5 Å². The zero-order valence-electron chi connectivity index (χ0n) is 16.1. The molecule has 0 aliphatic carbocycles. The van der Waals surface area contributed by atoms with Gasteiger partial charge in [0.25, 0.3) is 5.91 Å². The third-order valence-electron chi connectivity index (χ3n) is 6.14. The van der Waals surface area contributed by atoms with E-state index in [9.17, 15) is 9.59 Å². The fourth-order valence-electron chi connectivity index (χ4n) is 4.73. The van der Waals surface area contributed by atoms with Crippen LogP contribution < -0.4 is 0 Å². The largest absolute Gasteiger partial charge is 0.350 e. The van der Waals surface area contributed by atoms with Gasteiger partial charge in [-0.2, -0.15) is 0 Å². The standard InChI is InChI=1S/C21H27N3O2/c1-12-7-13(2)19-18(8-12)14(3)20(22-19)21(26)24-10-16-5-6-17(24)11-23(9-16)15(4)25/h7-8,16-17,22H,5-6,9-11H2,1-4H3/t16-,17+/m0/s1. The van der Waals surface area contributed by atoms with E-state index in [1.807, 2.05) is 16.7 Å². The summed E-state index contributed by atoms with van der Waals surface area (Å²) in [5.41, 5.74) is 5.17. The van der Waals surface area contributed by atoms with Gasteiger partial charge in [-0.3, -0.25) is 9.59 Å². The summed E-state index contributed by atoms with van der Waals surface area (Å²) in [7, 11) is 0. The summed E-state index contributed by atoms with van der Waals surface area (Å²) in [6.45, 7) is 10.0. The minimum absolute atomic E-state index is 0.0795. The second-order valence-electron chi connectivity index (χ2n) is 8.11. The van der Waals surface area contributed by atoms with Crippen LogP contribution in [0.2, 0.25) is 0 Å². The van der Waals surface area contributed by atoms with Gasteiger partial charge in [0.2, 0.25) is 5.91 Å². The van der Waals surface area contributed by atoms with E-state index < -0.39 is 0 Å². The first-order valence-electron chi connectivity index (χ1n) is 9.51. The van der Waals surface area contributed by atoms with Crippen molar-refractivity contribution in [3.63, 3.8) is 0 Å². The van der Waals surface area contributed by atoms with Crippen molar-refractivity contribution >= 4 is 22.7 Å². The Balaban J connectivity index is 1.70. The lowest BCUT2D eigenvalue weighted by Gasteiger charge is -2.36. The second kappa shape index (κ2) is 6.15. The van der Waals surface area contributed by atoms with Gasteiger partial charge in [-0.1, -0.05) is 11.6 Å². The van der Waals surface area contributed by atoms with Crippen molar-refractivity contribution in [2.24, 2.45) is 5.92 Å². The average Bonchev–Trinajstić information content (AvgIpc) is 2.77. The van der Waals surface area contributed by atoms with E-state index in [0.717, 1.165) is 42.4 Å². The van der Waals surface area contributed by atoms with Crippen molar-refractivity contribution in [2.75, 3.05) is 19.6 Å². The Bertz CT molecular complexity index is 898. The maximum atomic E-state index is 13.4. The SMILES string of the molecule is CC(=O)N1C[C@@H]2CC[C@H](C1)N(C(=O)c1[nH]c3c(C)cc(C)cc3c1C)C2. The van der Waals surface area contributed by atoms with Gasteiger partial charge in [-0.15, -0.1) is 0 Å². The summed E-state index contributed by atoms with van der Waals surface area (Å²) >= 11 is 0. The Kier molecular flexibility index (Phi) is 4.05. The van der Waals surface area contributed by atoms with Gasteiger partial charge in [0.1, 0.15) is 5.69 Å². The van der Waals surface area contributed by atoms with Crippen molar-refractivity contribution in [3.05, 3.63) is 34.5 Å². The molecule has 2 atom stereocenters. The van der Waals surface area contributed by atoms with Crippen molar-refractivity contribution in [2.45, 2.75) is 46.6 Å². The molecule has 2 aromatic rings. The number of hydrogen-bond donors (Lipinski definition) is 1. The highest BCUT2D eigenvalue weighted by atomic mass is 16.2. The molecule has 1 N–H and O–H groups in total. The number of amides is 2. The molecule has 2 bridgehead atoms. The van der Waals surface area contributed by atoms with E-state index >= 15 is 0 Å². The fourth-order valence-corrected chi connectivity index (χ4v) is 4.73. The van der Waals surface area contributed by atoms with Crippen LogP contribution in [0.4, 0.5) is 0 Å². The Hall–Kier alpha value is -2.30. The van der Waals surface area contributed by atoms with Crippen LogP contribution >= 0.6 is 0 Å². The predicted octanol–water partition coefficient (Wildman–Crippen LogP) is 3.18. The summed E-state index contributed by atoms with van der Waals surface area (Å²) in [6, 6.07) is 4.42. The number of aromatic nitrogens is 1. The molecule has 3 aliphatic heterocycles. The number of carbonyl (C=O) groups is 2. The first-order chi connectivity index (χ1) is 12.3. The van der Waals surface area contributed by atoms with E-state index in [1.165, 1.54) is 11.1 Å². The van der Waals surface area contributed by atoms with Crippen LogP contribution in [0.5, 0.6) is 0 Å². The van der Waals surface area contributed by atoms with Crippen LogP contribution in [0.1, 0.15) is 46.9 Å². The smallest absolute Gasteiger partial charge is 0.270 e. The number of aromatic amines is 1. The predicted molar refractivity (Wildman–Crippen MR) is 102 cm³/mol. The summed E-state index contributed by atoms with van der Waals surface area (Å²) in [4.78, 5) is 32.6. The van der Waals surface area contributed by atoms with Crippen molar-refractivity contribution in [1.82, 2.24) is 14.8 Å². The Morgan fingerprint density at radius 3 is 2.58 bits per heavy atom. The Morgan fingerprint density at radius 1 is 1.08 bits per heavy atom. The lowest BCUT2D eigenvalue weighted by molar-refractivity contribution is -0.129. The summed E-state index contributed by atoms with van der Waals surface area (Å²) < 4.78 is 0. The number of fused-ring (bicyclic) bond motifs is 5. The molecule has 3 saturated heterocycles. The molecule has 1 aromatic heterocycles. The highest BCUT2D eigenvalue weighted by Crippen LogP contribution is 2.32. The van der Waals surface area contributed by atoms with Crippen LogP contribution in [-0.4, -0.2) is 52.3 Å². The molecule has 2 amide bonds. The molecular weight excluding hydrogens is 326 g/mol. The minimum atomic E-state index is 0.0795. The third-order valence-corrected chi connectivity index (χ3v) is 6.14. The lowest BCUT2D eigenvalue weighted by atomic mass is 9.94. The maximum Gasteiger partial charge on any atom is 0.270 e. The minimum Gasteiger partial charge on any atom is -0.350 e. The molecule has 0 unspecified atom stereocenters. The highest BCUT2D eigenvalue weighted by Gasteiger charge is 2.39. The monoisotopic (exact) mass is 353 g/mol. The molecule has 5 nitrogen and oxygen atoms in total. The van der Waals surface area contributed by atoms with E-state index in [-0.39, 0.29) is 17.9 Å². The molecule has 1 aromatic carbocycles. The molecule has 26 heavy (non-hydrogen) atoms. The number of nitrogens with one attached hydrogen (secondary N) is 1. The molecule has 138 valence electrons. The number of nitrogens with zero attached hydrogens (tertiary/aromatic N) is 2. The molecule has 0 spiro atoms. The number of hydrogen-bond acceptors (Lipinski definition) is 2. The molecular formula is C21H27N3O2. The molecule has 0 radical (unpaired) electrons. The Morgan fingerprint density at radius 2 is 1.85 bits per heavy atom. The maximum absolute atomic E-state index is 13.4. The summed E-state index contributed by atoms with van der Waals surface area (Å²) in [5.74, 6) is 0.579. The third kappa shape index (κ3) is 2.70. The molecule has 3 aliphatic rings. The first-order valence-corrected chi connectivity index (χ1v) is 9.51. The normalized spacial score (nSPS) is 22.8. The topological polar surface area (TPSA) is 56.4 Å². The fraction of sp³-hybridized carbons (Fsp3) is 0.524. The molecule has 4 heterocycles. The van der Waals surface area contributed by atoms with Crippen LogP contribution in [0, 0.1) is 26.7 Å². The number of aryl methyl sites for hydroxylation is 3. The summed E-state index contributed by atoms with van der Waals surface area (Å²) in [5, 5.41) is 1.14. The number of carbonyl (C=O) groups excluding carboxylic acids is 2. The van der Waals surface area contributed by atoms with Crippen molar-refractivity contribution in [1.29, 1.82) is 0 Å². The lowest BCUT2D eigenvalue weighted by Crippen LogP contribution is -2.47. The molecule has 5 heteroatoms. The second-order valence-corrected chi connectivity index (χ2v) is 8.11. The van der Waals surface area contributed by atoms with Gasteiger partial charge >= 0.3 is 0 Å². The van der Waals surface area contributed by atoms with E-state index in [0.29, 0.717) is 18.2 Å². The van der Waals surface area contributed by atoms with E-state index in [2.05, 4.69) is 31.0 Å². The number of piperidine rings is 1. The van der Waals surface area contributed by atoms with Crippen LogP contribution in [0.3, 0.4) is 0 Å². The summed E-state index contributed by atoms with van der Waals surface area (Å²) in [6.07, 6.45) is 2.08. The zero-order chi connectivity index (χ0) is 18.6. The van der Waals surface area contributed by atoms with Crippen molar-refractivity contribution in [3.8, 4) is 0 Å². The van der Waals surface area contributed by atoms with E-state index in [1.54, 1.807) is 6.92 Å². The van der Waals surface area contributed by atoms with Gasteiger partial charge in [0.05, 0.1) is 0 Å². The molecule has 0 saturated carbocycles. The number of rotatable bonds is 1. The average molecular weight is 353 g/mol. The first kappa shape index (κ1) is 17.1. The Labute approximate surface area is 154 Å². The van der Waals surface area contributed by atoms with Gasteiger partial charge < -0.3 is 14.8 Å². The van der Waals surface area contributed by atoms with Crippen LogP contribution in [-0.2, 0) is 4.79 Å². The highest BCUT2D eigenvalue weighted by molar-refractivity contribution is 6.02. The molecule has 3 fully saturated rings. The molecule has 5 rings (SSSR count). The number of benzene rings is 1. The van der Waals surface area contributed by atoms with Gasteiger partial charge in [0.15, 0.2) is 0 Å². The zero-order valence-corrected chi connectivity index (χ0v) is 16.1. The van der Waals surface area contributed by atoms with Crippen LogP contribution in [0.25, 0.3) is 10.9 Å². The quantitative estimate of drug-likeness (QED) is 0.856. The van der Waals surface area contributed by atoms with E-state index in [4.69, 9.17) is 0 Å². The van der Waals surface area contributed by atoms with Crippen LogP contribution in [0.15, 0.2) is 12.1 Å². The van der Waals surface area contributed by atoms with Gasteiger partial charge in [-0.25, -0.2) is 0 Å². The number of H-pyrrole nitrogens is 1. The van der Waals surface area contributed by atoms with Gasteiger partial charge in [-0.05, 0) is 56.7 Å². The van der Waals surface area contributed by atoms with Crippen molar-refractivity contribution < 1.29 is 9.59 Å².